The Bertz CT molecular complexity index is 1000. The van der Waals surface area contributed by atoms with Crippen LogP contribution >= 0.6 is 11.6 Å². The molecule has 1 heterocycles. The monoisotopic (exact) mass is 441 g/mol. The van der Waals surface area contributed by atoms with Crippen LogP contribution in [0, 0.1) is 5.92 Å². The molecule has 0 spiro atoms. The Balaban J connectivity index is 1.89. The average molecular weight is 442 g/mol. The summed E-state index contributed by atoms with van der Waals surface area (Å²) >= 11 is 5.91. The van der Waals surface area contributed by atoms with Crippen LogP contribution in [0.5, 0.6) is 17.4 Å². The maximum absolute atomic E-state index is 12.8. The van der Waals surface area contributed by atoms with Crippen molar-refractivity contribution in [3.8, 4) is 17.4 Å². The van der Waals surface area contributed by atoms with Crippen molar-refractivity contribution in [1.29, 1.82) is 0 Å². The van der Waals surface area contributed by atoms with Gasteiger partial charge < -0.3 is 19.4 Å². The molecule has 0 bridgehead atoms. The lowest BCUT2D eigenvalue weighted by atomic mass is 9.96. The third-order valence-corrected chi connectivity index (χ3v) is 5.02. The minimum absolute atomic E-state index is 0.00203. The van der Waals surface area contributed by atoms with Crippen LogP contribution in [0.1, 0.15) is 37.3 Å². The summed E-state index contributed by atoms with van der Waals surface area (Å²) in [5, 5.41) is 10.1. The lowest BCUT2D eigenvalue weighted by molar-refractivity contribution is -0.137. The van der Waals surface area contributed by atoms with E-state index < -0.39 is 11.7 Å². The van der Waals surface area contributed by atoms with Gasteiger partial charge in [-0.3, -0.25) is 0 Å². The maximum atomic E-state index is 12.8. The van der Waals surface area contributed by atoms with Gasteiger partial charge in [0.25, 0.3) is 0 Å². The summed E-state index contributed by atoms with van der Waals surface area (Å²) < 4.78 is 49.3. The molecule has 1 unspecified atom stereocenters. The Labute approximate surface area is 176 Å². The van der Waals surface area contributed by atoms with E-state index in [0.717, 1.165) is 6.07 Å². The van der Waals surface area contributed by atoms with E-state index in [9.17, 15) is 23.1 Å². The van der Waals surface area contributed by atoms with E-state index in [0.29, 0.717) is 42.3 Å². The van der Waals surface area contributed by atoms with Crippen molar-refractivity contribution < 1.29 is 32.5 Å². The number of hydrogen-bond donors (Lipinski definition) is 1. The third kappa shape index (κ3) is 4.87. The molecule has 0 fully saturated rings. The van der Waals surface area contributed by atoms with Crippen molar-refractivity contribution in [2.75, 3.05) is 7.11 Å². The molecule has 160 valence electrons. The van der Waals surface area contributed by atoms with Crippen LogP contribution < -0.4 is 9.47 Å². The van der Waals surface area contributed by atoms with Crippen LogP contribution in [0.2, 0.25) is 5.02 Å². The Morgan fingerprint density at radius 3 is 2.63 bits per heavy atom. The van der Waals surface area contributed by atoms with Crippen molar-refractivity contribution in [3.05, 3.63) is 52.4 Å². The van der Waals surface area contributed by atoms with Gasteiger partial charge in [0, 0.05) is 30.2 Å². The minimum Gasteiger partial charge on any atom is -0.512 e. The van der Waals surface area contributed by atoms with Crippen molar-refractivity contribution >= 4 is 23.0 Å². The van der Waals surface area contributed by atoms with Crippen LogP contribution in [0.15, 0.2) is 36.2 Å². The maximum Gasteiger partial charge on any atom is 0.417 e. The zero-order chi connectivity index (χ0) is 22.1. The first kappa shape index (κ1) is 22.0. The summed E-state index contributed by atoms with van der Waals surface area (Å²) in [6.07, 6.45) is -2.69. The molecule has 9 heteroatoms. The summed E-state index contributed by atoms with van der Waals surface area (Å²) in [5.74, 6) is 0.773. The number of aliphatic hydroxyl groups excluding tert-OH is 1. The molecule has 5 nitrogen and oxygen atoms in total. The van der Waals surface area contributed by atoms with E-state index in [1.807, 2.05) is 0 Å². The highest BCUT2D eigenvalue weighted by Crippen LogP contribution is 2.43. The molecule has 0 saturated carbocycles. The first-order valence-electron chi connectivity index (χ1n) is 9.08. The molecule has 1 N–H and O–H groups in total. The number of alkyl halides is 3. The van der Waals surface area contributed by atoms with E-state index in [1.54, 1.807) is 18.2 Å². The first-order valence-corrected chi connectivity index (χ1v) is 9.45. The van der Waals surface area contributed by atoms with E-state index in [1.165, 1.54) is 14.0 Å². The highest BCUT2D eigenvalue weighted by Gasteiger charge is 2.32. The number of carbonyl (C=O) groups is 1. The van der Waals surface area contributed by atoms with Gasteiger partial charge in [0.2, 0.25) is 5.88 Å². The zero-order valence-electron chi connectivity index (χ0n) is 16.2. The van der Waals surface area contributed by atoms with E-state index in [4.69, 9.17) is 21.1 Å². The molecule has 3 rings (SSSR count). The molecular weight excluding hydrogens is 423 g/mol. The van der Waals surface area contributed by atoms with Gasteiger partial charge in [0.15, 0.2) is 0 Å². The van der Waals surface area contributed by atoms with Gasteiger partial charge in [0.05, 0.1) is 18.4 Å². The number of aliphatic hydroxyl groups is 1. The van der Waals surface area contributed by atoms with Gasteiger partial charge in [-0.1, -0.05) is 11.6 Å². The highest BCUT2D eigenvalue weighted by molar-refractivity contribution is 6.31. The number of ketones is 1. The number of Topliss-reactive ketones (excluding diaryl/α,β-unsaturated/α-hetero) is 1. The number of rotatable bonds is 6. The predicted octanol–water partition coefficient (Wildman–Crippen LogP) is 6.21. The Hall–Kier alpha value is -2.74. The lowest BCUT2D eigenvalue weighted by Gasteiger charge is -2.14. The molecule has 1 atom stereocenters. The molecule has 0 aliphatic heterocycles. The molecule has 1 aliphatic rings. The number of ether oxygens (including phenoxy) is 2. The summed E-state index contributed by atoms with van der Waals surface area (Å²) in [6.45, 7) is 1.50. The number of pyridine rings is 1. The van der Waals surface area contributed by atoms with Gasteiger partial charge in [0.1, 0.15) is 22.3 Å². The SMILES string of the molecule is COc1ccc(Oc2ncc(C(F)(F)F)cc2Cl)cc1C1=C(O)CC(CC(C)=O)C1. The largest absolute Gasteiger partial charge is 0.512 e. The quantitative estimate of drug-likeness (QED) is 0.577. The topological polar surface area (TPSA) is 68.7 Å². The smallest absolute Gasteiger partial charge is 0.417 e. The third-order valence-electron chi connectivity index (χ3n) is 4.74. The average Bonchev–Trinajstić information content (AvgIpc) is 3.01. The van der Waals surface area contributed by atoms with Crippen molar-refractivity contribution in [2.45, 2.75) is 32.4 Å². The summed E-state index contributed by atoms with van der Waals surface area (Å²) in [6, 6.07) is 5.50. The molecule has 0 amide bonds. The van der Waals surface area contributed by atoms with Gasteiger partial charge in [-0.2, -0.15) is 13.2 Å². The number of allylic oxidation sites excluding steroid dienone is 2. The number of hydrogen-bond acceptors (Lipinski definition) is 5. The molecule has 1 aliphatic carbocycles. The second kappa shape index (κ2) is 8.55. The summed E-state index contributed by atoms with van der Waals surface area (Å²) in [5.41, 5.74) is 0.226. The van der Waals surface area contributed by atoms with Crippen molar-refractivity contribution in [3.63, 3.8) is 0 Å². The van der Waals surface area contributed by atoms with Crippen LogP contribution in [-0.4, -0.2) is 23.0 Å². The molecule has 1 aromatic heterocycles. The number of carbonyl (C=O) groups excluding carboxylic acids is 1. The van der Waals surface area contributed by atoms with Crippen LogP contribution in [-0.2, 0) is 11.0 Å². The number of aromatic nitrogens is 1. The van der Waals surface area contributed by atoms with E-state index in [-0.39, 0.29) is 34.1 Å². The fraction of sp³-hybridized carbons (Fsp3) is 0.333. The van der Waals surface area contributed by atoms with E-state index in [2.05, 4.69) is 4.98 Å². The number of halogens is 4. The van der Waals surface area contributed by atoms with Gasteiger partial charge in [-0.15, -0.1) is 0 Å². The molecule has 30 heavy (non-hydrogen) atoms. The highest BCUT2D eigenvalue weighted by atomic mass is 35.5. The predicted molar refractivity (Wildman–Crippen MR) is 105 cm³/mol. The summed E-state index contributed by atoms with van der Waals surface area (Å²) in [7, 11) is 1.48. The number of methoxy groups -OCH3 is 1. The molecule has 0 radical (unpaired) electrons. The van der Waals surface area contributed by atoms with Gasteiger partial charge in [-0.05, 0) is 43.5 Å². The number of benzene rings is 1. The second-order valence-electron chi connectivity index (χ2n) is 7.08. The molecular formula is C21H19ClF3NO4. The number of nitrogens with zero attached hydrogens (tertiary/aromatic N) is 1. The molecule has 2 aromatic rings. The Morgan fingerprint density at radius 1 is 1.30 bits per heavy atom. The van der Waals surface area contributed by atoms with Crippen molar-refractivity contribution in [1.82, 2.24) is 4.98 Å². The molecule has 0 saturated heterocycles. The zero-order valence-corrected chi connectivity index (χ0v) is 17.0. The van der Waals surface area contributed by atoms with Crippen LogP contribution in [0.4, 0.5) is 13.2 Å². The van der Waals surface area contributed by atoms with Crippen LogP contribution in [0.25, 0.3) is 5.57 Å². The van der Waals surface area contributed by atoms with E-state index >= 15 is 0 Å². The van der Waals surface area contributed by atoms with Gasteiger partial charge in [-0.25, -0.2) is 4.98 Å². The van der Waals surface area contributed by atoms with Crippen molar-refractivity contribution in [2.24, 2.45) is 5.92 Å². The fourth-order valence-corrected chi connectivity index (χ4v) is 3.65. The standard InChI is InChI=1S/C21H19ClF3NO4/c1-11(27)5-12-6-15(18(28)7-12)16-9-14(3-4-19(16)29-2)30-20-17(22)8-13(10-26-20)21(23,24)25/h3-4,8-10,12,28H,5-7H2,1-2H3. The fourth-order valence-electron chi connectivity index (χ4n) is 3.45. The Kier molecular flexibility index (Phi) is 6.26. The first-order chi connectivity index (χ1) is 14.1. The molecule has 1 aromatic carbocycles. The lowest BCUT2D eigenvalue weighted by Crippen LogP contribution is -2.05. The Morgan fingerprint density at radius 2 is 2.03 bits per heavy atom. The minimum atomic E-state index is -4.56. The second-order valence-corrected chi connectivity index (χ2v) is 7.49. The van der Waals surface area contributed by atoms with Crippen LogP contribution in [0.3, 0.4) is 0 Å². The van der Waals surface area contributed by atoms with Gasteiger partial charge >= 0.3 is 6.18 Å². The normalized spacial score (nSPS) is 16.7. The summed E-state index contributed by atoms with van der Waals surface area (Å²) in [4.78, 5) is 15.1.